The lowest BCUT2D eigenvalue weighted by Crippen LogP contribution is -2.51. The van der Waals surface area contributed by atoms with Crippen molar-refractivity contribution in [2.45, 2.75) is 51.7 Å². The Balaban J connectivity index is 2.61. The third kappa shape index (κ3) is 2.98. The standard InChI is InChI=1S/C12H22BrNO2/c1-4-12(5-2,8-13)14-11(15)10-6-7-16-9(10)3/h9-10H,4-8H2,1-3H3,(H,14,15). The van der Waals surface area contributed by atoms with Gasteiger partial charge in [0, 0.05) is 17.5 Å². The average Bonchev–Trinajstić information content (AvgIpc) is 2.72. The Kier molecular flexibility index (Phi) is 5.25. The van der Waals surface area contributed by atoms with Crippen LogP contribution in [-0.4, -0.2) is 29.5 Å². The Bertz CT molecular complexity index is 233. The van der Waals surface area contributed by atoms with Gasteiger partial charge < -0.3 is 10.1 Å². The zero-order valence-corrected chi connectivity index (χ0v) is 12.0. The highest BCUT2D eigenvalue weighted by Crippen LogP contribution is 2.24. The number of ether oxygens (including phenoxy) is 1. The molecule has 0 spiro atoms. The highest BCUT2D eigenvalue weighted by Gasteiger charge is 2.35. The summed E-state index contributed by atoms with van der Waals surface area (Å²) in [7, 11) is 0. The van der Waals surface area contributed by atoms with Gasteiger partial charge in [0.05, 0.1) is 12.0 Å². The summed E-state index contributed by atoms with van der Waals surface area (Å²) in [4.78, 5) is 12.1. The molecular weight excluding hydrogens is 270 g/mol. The monoisotopic (exact) mass is 291 g/mol. The minimum Gasteiger partial charge on any atom is -0.378 e. The number of hydrogen-bond acceptors (Lipinski definition) is 2. The summed E-state index contributed by atoms with van der Waals surface area (Å²) in [5, 5.41) is 3.99. The van der Waals surface area contributed by atoms with Gasteiger partial charge in [-0.1, -0.05) is 29.8 Å². The van der Waals surface area contributed by atoms with Crippen LogP contribution in [0.15, 0.2) is 0 Å². The number of hydrogen-bond donors (Lipinski definition) is 1. The molecule has 1 aliphatic rings. The SMILES string of the molecule is CCC(CC)(CBr)NC(=O)C1CCOC1C. The first-order valence-electron chi connectivity index (χ1n) is 6.08. The molecule has 0 aromatic heterocycles. The van der Waals surface area contributed by atoms with Gasteiger partial charge >= 0.3 is 0 Å². The van der Waals surface area contributed by atoms with E-state index < -0.39 is 0 Å². The Hall–Kier alpha value is -0.0900. The number of amides is 1. The van der Waals surface area contributed by atoms with E-state index in [1.807, 2.05) is 6.92 Å². The Labute approximate surface area is 106 Å². The topological polar surface area (TPSA) is 38.3 Å². The molecule has 3 nitrogen and oxygen atoms in total. The maximum absolute atomic E-state index is 12.1. The molecule has 0 aliphatic carbocycles. The first kappa shape index (κ1) is 14.0. The molecule has 1 saturated heterocycles. The third-order valence-electron chi connectivity index (χ3n) is 3.71. The van der Waals surface area contributed by atoms with Gasteiger partial charge in [-0.15, -0.1) is 0 Å². The van der Waals surface area contributed by atoms with Crippen LogP contribution in [0, 0.1) is 5.92 Å². The molecule has 1 amide bonds. The molecule has 1 N–H and O–H groups in total. The van der Waals surface area contributed by atoms with Gasteiger partial charge in [0.2, 0.25) is 5.91 Å². The van der Waals surface area contributed by atoms with Crippen LogP contribution < -0.4 is 5.32 Å². The maximum atomic E-state index is 12.1. The van der Waals surface area contributed by atoms with Gasteiger partial charge in [-0.2, -0.15) is 0 Å². The fourth-order valence-corrected chi connectivity index (χ4v) is 3.01. The number of rotatable bonds is 5. The lowest BCUT2D eigenvalue weighted by Gasteiger charge is -2.32. The third-order valence-corrected chi connectivity index (χ3v) is 4.78. The van der Waals surface area contributed by atoms with E-state index in [-0.39, 0.29) is 23.5 Å². The quantitative estimate of drug-likeness (QED) is 0.791. The molecule has 0 aromatic carbocycles. The molecule has 0 aromatic rings. The molecule has 0 radical (unpaired) electrons. The van der Waals surface area contributed by atoms with E-state index >= 15 is 0 Å². The zero-order valence-electron chi connectivity index (χ0n) is 10.4. The minimum absolute atomic E-state index is 0.0246. The minimum atomic E-state index is -0.0978. The molecule has 1 heterocycles. The second kappa shape index (κ2) is 6.01. The normalized spacial score (nSPS) is 25.8. The molecule has 1 rings (SSSR count). The van der Waals surface area contributed by atoms with Crippen LogP contribution in [0.1, 0.15) is 40.0 Å². The first-order valence-corrected chi connectivity index (χ1v) is 7.20. The predicted octanol–water partition coefficient (Wildman–Crippen LogP) is 2.48. The molecule has 16 heavy (non-hydrogen) atoms. The van der Waals surface area contributed by atoms with Crippen molar-refractivity contribution in [1.29, 1.82) is 0 Å². The summed E-state index contributed by atoms with van der Waals surface area (Å²) in [5.41, 5.74) is -0.0978. The Morgan fingerprint density at radius 3 is 2.50 bits per heavy atom. The summed E-state index contributed by atoms with van der Waals surface area (Å²) in [6.07, 6.45) is 2.80. The second-order valence-electron chi connectivity index (χ2n) is 4.58. The van der Waals surface area contributed by atoms with Crippen LogP contribution in [0.4, 0.5) is 0 Å². The molecule has 0 saturated carbocycles. The van der Waals surface area contributed by atoms with Crippen molar-refractivity contribution >= 4 is 21.8 Å². The van der Waals surface area contributed by atoms with Crippen molar-refractivity contribution in [1.82, 2.24) is 5.32 Å². The predicted molar refractivity (Wildman–Crippen MR) is 68.8 cm³/mol. The molecule has 2 atom stereocenters. The van der Waals surface area contributed by atoms with E-state index in [1.165, 1.54) is 0 Å². The summed E-state index contributed by atoms with van der Waals surface area (Å²) in [6.45, 7) is 6.91. The lowest BCUT2D eigenvalue weighted by atomic mass is 9.93. The van der Waals surface area contributed by atoms with Crippen molar-refractivity contribution in [2.24, 2.45) is 5.92 Å². The molecule has 4 heteroatoms. The van der Waals surface area contributed by atoms with Crippen molar-refractivity contribution in [3.63, 3.8) is 0 Å². The van der Waals surface area contributed by atoms with Gasteiger partial charge in [-0.25, -0.2) is 0 Å². The molecule has 0 bridgehead atoms. The molecule has 1 aliphatic heterocycles. The number of alkyl halides is 1. The number of halogens is 1. The van der Waals surface area contributed by atoms with Gasteiger partial charge in [-0.05, 0) is 26.2 Å². The van der Waals surface area contributed by atoms with Crippen molar-refractivity contribution in [3.8, 4) is 0 Å². The van der Waals surface area contributed by atoms with E-state index in [9.17, 15) is 4.79 Å². The fourth-order valence-electron chi connectivity index (χ4n) is 2.08. The second-order valence-corrected chi connectivity index (χ2v) is 5.14. The van der Waals surface area contributed by atoms with Crippen LogP contribution in [0.3, 0.4) is 0 Å². The summed E-state index contributed by atoms with van der Waals surface area (Å²) in [6, 6.07) is 0. The van der Waals surface area contributed by atoms with Gasteiger partial charge in [0.1, 0.15) is 0 Å². The summed E-state index contributed by atoms with van der Waals surface area (Å²) >= 11 is 3.50. The molecule has 94 valence electrons. The van der Waals surface area contributed by atoms with Crippen molar-refractivity contribution in [2.75, 3.05) is 11.9 Å². The Morgan fingerprint density at radius 1 is 1.50 bits per heavy atom. The molecular formula is C12H22BrNO2. The molecule has 1 fully saturated rings. The average molecular weight is 292 g/mol. The lowest BCUT2D eigenvalue weighted by molar-refractivity contribution is -0.128. The largest absolute Gasteiger partial charge is 0.378 e. The number of carbonyl (C=O) groups excluding carboxylic acids is 1. The van der Waals surface area contributed by atoms with Crippen LogP contribution in [0.25, 0.3) is 0 Å². The van der Waals surface area contributed by atoms with E-state index in [0.29, 0.717) is 6.61 Å². The highest BCUT2D eigenvalue weighted by molar-refractivity contribution is 9.09. The number of carbonyl (C=O) groups is 1. The van der Waals surface area contributed by atoms with E-state index in [1.54, 1.807) is 0 Å². The van der Waals surface area contributed by atoms with Crippen LogP contribution in [0.2, 0.25) is 0 Å². The van der Waals surface area contributed by atoms with E-state index in [2.05, 4.69) is 35.1 Å². The first-order chi connectivity index (χ1) is 7.58. The zero-order chi connectivity index (χ0) is 12.2. The van der Waals surface area contributed by atoms with Crippen LogP contribution in [0.5, 0.6) is 0 Å². The van der Waals surface area contributed by atoms with Crippen molar-refractivity contribution < 1.29 is 9.53 Å². The summed E-state index contributed by atoms with van der Waals surface area (Å²) < 4.78 is 5.43. The highest BCUT2D eigenvalue weighted by atomic mass is 79.9. The maximum Gasteiger partial charge on any atom is 0.226 e. The van der Waals surface area contributed by atoms with E-state index in [4.69, 9.17) is 4.74 Å². The Morgan fingerprint density at radius 2 is 2.12 bits per heavy atom. The number of nitrogens with one attached hydrogen (secondary N) is 1. The van der Waals surface area contributed by atoms with Crippen molar-refractivity contribution in [3.05, 3.63) is 0 Å². The van der Waals surface area contributed by atoms with Gasteiger partial charge in [0.25, 0.3) is 0 Å². The van der Waals surface area contributed by atoms with E-state index in [0.717, 1.165) is 24.6 Å². The van der Waals surface area contributed by atoms with Crippen LogP contribution in [-0.2, 0) is 9.53 Å². The van der Waals surface area contributed by atoms with Crippen LogP contribution >= 0.6 is 15.9 Å². The smallest absolute Gasteiger partial charge is 0.226 e. The van der Waals surface area contributed by atoms with Gasteiger partial charge in [0.15, 0.2) is 0 Å². The summed E-state index contributed by atoms with van der Waals surface area (Å²) in [5.74, 6) is 0.171. The fraction of sp³-hybridized carbons (Fsp3) is 0.917. The van der Waals surface area contributed by atoms with Gasteiger partial charge in [-0.3, -0.25) is 4.79 Å². The molecule has 2 unspecified atom stereocenters.